The van der Waals surface area contributed by atoms with Gasteiger partial charge in [0.05, 0.1) is 0 Å². The minimum Gasteiger partial charge on any atom is -0.351 e. The molecule has 0 radical (unpaired) electrons. The van der Waals surface area contributed by atoms with Gasteiger partial charge < -0.3 is 9.88 Å². The molecular formula is C19H19ClN2O. The van der Waals surface area contributed by atoms with Gasteiger partial charge in [0.25, 0.3) is 5.91 Å². The lowest BCUT2D eigenvalue weighted by Gasteiger charge is -2.26. The van der Waals surface area contributed by atoms with Crippen LogP contribution in [0, 0.1) is 0 Å². The Morgan fingerprint density at radius 3 is 2.57 bits per heavy atom. The van der Waals surface area contributed by atoms with Crippen LogP contribution in [-0.2, 0) is 6.54 Å². The number of hydrogen-bond donors (Lipinski definition) is 1. The molecule has 0 saturated carbocycles. The molecule has 23 heavy (non-hydrogen) atoms. The highest BCUT2D eigenvalue weighted by molar-refractivity contribution is 6.31. The molecule has 0 spiro atoms. The number of aromatic nitrogens is 1. The number of carbonyl (C=O) groups is 1. The predicted octanol–water partition coefficient (Wildman–Crippen LogP) is 4.87. The Morgan fingerprint density at radius 1 is 1.13 bits per heavy atom. The van der Waals surface area contributed by atoms with Crippen LogP contribution in [0.15, 0.2) is 54.6 Å². The van der Waals surface area contributed by atoms with Gasteiger partial charge in [-0.2, -0.15) is 0 Å². The molecule has 0 atom stereocenters. The molecule has 118 valence electrons. The van der Waals surface area contributed by atoms with Gasteiger partial charge in [0.2, 0.25) is 0 Å². The summed E-state index contributed by atoms with van der Waals surface area (Å²) in [5, 5.41) is 1.62. The van der Waals surface area contributed by atoms with Gasteiger partial charge in [0, 0.05) is 28.5 Å². The third-order valence-corrected chi connectivity index (χ3v) is 4.13. The molecular weight excluding hydrogens is 308 g/mol. The van der Waals surface area contributed by atoms with Gasteiger partial charge >= 0.3 is 0 Å². The molecule has 4 heteroatoms. The number of fused-ring (bicyclic) bond motifs is 1. The maximum Gasteiger partial charge on any atom is 0.270 e. The van der Waals surface area contributed by atoms with Gasteiger partial charge in [-0.25, -0.2) is 0 Å². The zero-order valence-corrected chi connectivity index (χ0v) is 14.0. The van der Waals surface area contributed by atoms with Gasteiger partial charge in [-0.1, -0.05) is 41.9 Å². The van der Waals surface area contributed by atoms with Crippen LogP contribution >= 0.6 is 11.6 Å². The molecule has 0 aliphatic rings. The molecule has 0 saturated heterocycles. The van der Waals surface area contributed by atoms with Crippen molar-refractivity contribution in [1.29, 1.82) is 0 Å². The molecule has 1 heterocycles. The minimum absolute atomic E-state index is 0.00354. The van der Waals surface area contributed by atoms with Crippen molar-refractivity contribution in [3.05, 3.63) is 70.9 Å². The monoisotopic (exact) mass is 326 g/mol. The number of halogens is 1. The summed E-state index contributed by atoms with van der Waals surface area (Å²) in [6.45, 7) is 4.65. The average molecular weight is 327 g/mol. The number of rotatable bonds is 4. The summed E-state index contributed by atoms with van der Waals surface area (Å²) >= 11 is 6.02. The van der Waals surface area contributed by atoms with Crippen molar-refractivity contribution in [2.24, 2.45) is 0 Å². The van der Waals surface area contributed by atoms with Crippen molar-refractivity contribution < 1.29 is 4.79 Å². The Labute approximate surface area is 140 Å². The van der Waals surface area contributed by atoms with E-state index in [4.69, 9.17) is 11.6 Å². The zero-order valence-electron chi connectivity index (χ0n) is 13.2. The molecule has 3 aromatic rings. The second kappa shape index (κ2) is 6.47. The van der Waals surface area contributed by atoms with Gasteiger partial charge in [0.15, 0.2) is 0 Å². The molecule has 0 bridgehead atoms. The third kappa shape index (κ3) is 3.40. The summed E-state index contributed by atoms with van der Waals surface area (Å²) in [5.41, 5.74) is 2.63. The molecule has 3 nitrogen and oxygen atoms in total. The number of hydrogen-bond acceptors (Lipinski definition) is 1. The summed E-state index contributed by atoms with van der Waals surface area (Å²) in [4.78, 5) is 18.0. The van der Waals surface area contributed by atoms with Crippen molar-refractivity contribution in [2.75, 3.05) is 0 Å². The van der Waals surface area contributed by atoms with Crippen molar-refractivity contribution >= 4 is 28.4 Å². The third-order valence-electron chi connectivity index (χ3n) is 3.89. The number of benzene rings is 2. The maximum absolute atomic E-state index is 12.9. The Kier molecular flexibility index (Phi) is 4.39. The lowest BCUT2D eigenvalue weighted by Crippen LogP contribution is -2.36. The fourth-order valence-electron chi connectivity index (χ4n) is 2.64. The highest BCUT2D eigenvalue weighted by atomic mass is 35.5. The van der Waals surface area contributed by atoms with Crippen LogP contribution in [0.2, 0.25) is 5.02 Å². The number of aromatic amines is 1. The van der Waals surface area contributed by atoms with E-state index in [0.29, 0.717) is 17.3 Å². The molecule has 3 rings (SSSR count). The number of carbonyl (C=O) groups excluding carboxylic acids is 1. The van der Waals surface area contributed by atoms with E-state index in [2.05, 4.69) is 4.98 Å². The lowest BCUT2D eigenvalue weighted by atomic mass is 10.1. The summed E-state index contributed by atoms with van der Waals surface area (Å²) in [6, 6.07) is 17.6. The van der Waals surface area contributed by atoms with E-state index < -0.39 is 0 Å². The minimum atomic E-state index is -0.00354. The zero-order chi connectivity index (χ0) is 16.4. The predicted molar refractivity (Wildman–Crippen MR) is 94.8 cm³/mol. The Morgan fingerprint density at radius 2 is 1.87 bits per heavy atom. The second-order valence-corrected chi connectivity index (χ2v) is 6.36. The first-order valence-corrected chi connectivity index (χ1v) is 8.05. The number of nitrogens with one attached hydrogen (secondary N) is 1. The van der Waals surface area contributed by atoms with Gasteiger partial charge in [-0.05, 0) is 43.7 Å². The van der Waals surface area contributed by atoms with E-state index >= 15 is 0 Å². The molecule has 0 fully saturated rings. The van der Waals surface area contributed by atoms with E-state index in [1.165, 1.54) is 0 Å². The van der Waals surface area contributed by atoms with Crippen LogP contribution in [0.5, 0.6) is 0 Å². The van der Waals surface area contributed by atoms with Gasteiger partial charge in [0.1, 0.15) is 5.69 Å². The van der Waals surface area contributed by atoms with E-state index in [-0.39, 0.29) is 11.9 Å². The van der Waals surface area contributed by atoms with Crippen LogP contribution in [0.25, 0.3) is 10.9 Å². The van der Waals surface area contributed by atoms with E-state index in [0.717, 1.165) is 16.5 Å². The largest absolute Gasteiger partial charge is 0.351 e. The fourth-order valence-corrected chi connectivity index (χ4v) is 2.82. The van der Waals surface area contributed by atoms with Gasteiger partial charge in [-0.15, -0.1) is 0 Å². The van der Waals surface area contributed by atoms with Crippen LogP contribution in [0.3, 0.4) is 0 Å². The first-order valence-electron chi connectivity index (χ1n) is 7.68. The molecule has 1 N–H and O–H groups in total. The molecule has 0 aliphatic carbocycles. The van der Waals surface area contributed by atoms with Crippen molar-refractivity contribution in [3.63, 3.8) is 0 Å². The van der Waals surface area contributed by atoms with Gasteiger partial charge in [-0.3, -0.25) is 4.79 Å². The number of H-pyrrole nitrogens is 1. The fraction of sp³-hybridized carbons (Fsp3) is 0.211. The second-order valence-electron chi connectivity index (χ2n) is 5.93. The topological polar surface area (TPSA) is 36.1 Å². The van der Waals surface area contributed by atoms with Crippen LogP contribution in [0.4, 0.5) is 0 Å². The molecule has 1 aromatic heterocycles. The van der Waals surface area contributed by atoms with Crippen molar-refractivity contribution in [2.45, 2.75) is 26.4 Å². The summed E-state index contributed by atoms with van der Waals surface area (Å²) in [7, 11) is 0. The smallest absolute Gasteiger partial charge is 0.270 e. The summed E-state index contributed by atoms with van der Waals surface area (Å²) in [5.74, 6) is -0.00354. The van der Waals surface area contributed by atoms with Crippen molar-refractivity contribution in [1.82, 2.24) is 9.88 Å². The van der Waals surface area contributed by atoms with Crippen LogP contribution in [0.1, 0.15) is 29.9 Å². The first-order chi connectivity index (χ1) is 11.0. The molecule has 2 aromatic carbocycles. The molecule has 0 unspecified atom stereocenters. The Hall–Kier alpha value is -2.26. The van der Waals surface area contributed by atoms with Crippen LogP contribution in [-0.4, -0.2) is 21.8 Å². The summed E-state index contributed by atoms with van der Waals surface area (Å²) in [6.07, 6.45) is 0. The highest BCUT2D eigenvalue weighted by Crippen LogP contribution is 2.22. The highest BCUT2D eigenvalue weighted by Gasteiger charge is 2.20. The summed E-state index contributed by atoms with van der Waals surface area (Å²) < 4.78 is 0. The quantitative estimate of drug-likeness (QED) is 0.729. The Bertz CT molecular complexity index is 824. The number of amides is 1. The van der Waals surface area contributed by atoms with E-state index in [1.54, 1.807) is 0 Å². The van der Waals surface area contributed by atoms with Crippen LogP contribution < -0.4 is 0 Å². The Balaban J connectivity index is 1.90. The van der Waals surface area contributed by atoms with Crippen molar-refractivity contribution in [3.8, 4) is 0 Å². The number of nitrogens with zero attached hydrogens (tertiary/aromatic N) is 1. The normalized spacial score (nSPS) is 11.1. The average Bonchev–Trinajstić information content (AvgIpc) is 2.95. The molecule has 0 aliphatic heterocycles. The molecule has 1 amide bonds. The lowest BCUT2D eigenvalue weighted by molar-refractivity contribution is 0.0685. The maximum atomic E-state index is 12.9. The van der Waals surface area contributed by atoms with E-state index in [1.807, 2.05) is 73.3 Å². The first kappa shape index (κ1) is 15.6. The SMILES string of the molecule is CC(C)N(Cc1ccccc1)C(=O)c1cc2cc(Cl)ccc2[nH]1. The standard InChI is InChI=1S/C19H19ClN2O/c1-13(2)22(12-14-6-4-3-5-7-14)19(23)18-11-15-10-16(20)8-9-17(15)21-18/h3-11,13,21H,12H2,1-2H3. The van der Waals surface area contributed by atoms with E-state index in [9.17, 15) is 4.79 Å².